The summed E-state index contributed by atoms with van der Waals surface area (Å²) in [6, 6.07) is 0.292. The van der Waals surface area contributed by atoms with Gasteiger partial charge in [0.15, 0.2) is 6.29 Å². The van der Waals surface area contributed by atoms with Crippen molar-refractivity contribution < 1.29 is 9.53 Å². The summed E-state index contributed by atoms with van der Waals surface area (Å²) < 4.78 is 7.25. The van der Waals surface area contributed by atoms with Gasteiger partial charge in [0.05, 0.1) is 19.1 Å². The van der Waals surface area contributed by atoms with Gasteiger partial charge >= 0.3 is 0 Å². The molecule has 0 spiro atoms. The molecule has 76 valence electrons. The molecule has 2 rings (SSSR count). The number of rotatable bonds is 3. The quantitative estimate of drug-likeness (QED) is 0.681. The molecule has 1 aromatic rings. The fourth-order valence-corrected chi connectivity index (χ4v) is 1.91. The van der Waals surface area contributed by atoms with Crippen molar-refractivity contribution in [3.8, 4) is 0 Å². The summed E-state index contributed by atoms with van der Waals surface area (Å²) in [5, 5.41) is 0. The number of ether oxygens (including phenoxy) is 1. The highest BCUT2D eigenvalue weighted by Crippen LogP contribution is 2.26. The summed E-state index contributed by atoms with van der Waals surface area (Å²) in [7, 11) is 0. The Balaban J connectivity index is 2.16. The molecule has 4 nitrogen and oxygen atoms in total. The first kappa shape index (κ1) is 9.40. The van der Waals surface area contributed by atoms with Crippen LogP contribution in [0.15, 0.2) is 12.5 Å². The fourth-order valence-electron chi connectivity index (χ4n) is 1.91. The van der Waals surface area contributed by atoms with Gasteiger partial charge in [0.25, 0.3) is 0 Å². The average molecular weight is 194 g/mol. The second kappa shape index (κ2) is 3.92. The zero-order chi connectivity index (χ0) is 9.97. The predicted octanol–water partition coefficient (Wildman–Crippen LogP) is 1.29. The predicted molar refractivity (Wildman–Crippen MR) is 51.3 cm³/mol. The number of carbonyl (C=O) groups excluding carboxylic acids is 1. The molecule has 2 unspecified atom stereocenters. The molecule has 0 amide bonds. The minimum Gasteiger partial charge on any atom is -0.381 e. The van der Waals surface area contributed by atoms with Gasteiger partial charge in [0.1, 0.15) is 5.69 Å². The van der Waals surface area contributed by atoms with Crippen molar-refractivity contribution in [3.05, 3.63) is 18.2 Å². The summed E-state index contributed by atoms with van der Waals surface area (Å²) in [6.07, 6.45) is 5.23. The zero-order valence-electron chi connectivity index (χ0n) is 8.22. The fraction of sp³-hybridized carbons (Fsp3) is 0.600. The molecule has 0 bridgehead atoms. The van der Waals surface area contributed by atoms with Crippen molar-refractivity contribution in [1.29, 1.82) is 0 Å². The lowest BCUT2D eigenvalue weighted by molar-refractivity contribution is 0.111. The molecule has 2 heterocycles. The molecule has 0 aliphatic carbocycles. The van der Waals surface area contributed by atoms with Gasteiger partial charge < -0.3 is 9.30 Å². The third-order valence-corrected chi connectivity index (χ3v) is 2.90. The highest BCUT2D eigenvalue weighted by molar-refractivity contribution is 5.71. The molecule has 1 saturated heterocycles. The van der Waals surface area contributed by atoms with Crippen LogP contribution in [0, 0.1) is 5.92 Å². The minimum absolute atomic E-state index is 0.292. The number of aromatic nitrogens is 2. The van der Waals surface area contributed by atoms with Gasteiger partial charge in [-0.3, -0.25) is 4.79 Å². The van der Waals surface area contributed by atoms with Crippen LogP contribution in [0.4, 0.5) is 0 Å². The summed E-state index contributed by atoms with van der Waals surface area (Å²) in [5.41, 5.74) is 0.643. The van der Waals surface area contributed by atoms with Crippen LogP contribution in [0.2, 0.25) is 0 Å². The molecule has 0 N–H and O–H groups in total. The summed E-state index contributed by atoms with van der Waals surface area (Å²) in [6.45, 7) is 3.73. The van der Waals surface area contributed by atoms with Crippen molar-refractivity contribution in [2.45, 2.75) is 19.4 Å². The van der Waals surface area contributed by atoms with Crippen LogP contribution in [-0.2, 0) is 4.74 Å². The largest absolute Gasteiger partial charge is 0.381 e. The molecule has 0 radical (unpaired) electrons. The van der Waals surface area contributed by atoms with Gasteiger partial charge in [-0.25, -0.2) is 4.98 Å². The SMILES string of the molecule is CC(C1CCOC1)n1cncc1C=O. The van der Waals surface area contributed by atoms with Gasteiger partial charge in [-0.05, 0) is 13.3 Å². The number of imidazole rings is 1. The molecule has 0 aromatic carbocycles. The van der Waals surface area contributed by atoms with Gasteiger partial charge in [0.2, 0.25) is 0 Å². The molecule has 2 atom stereocenters. The number of aldehydes is 1. The van der Waals surface area contributed by atoms with E-state index in [2.05, 4.69) is 11.9 Å². The van der Waals surface area contributed by atoms with Crippen molar-refractivity contribution in [1.82, 2.24) is 9.55 Å². The molecule has 1 aromatic heterocycles. The van der Waals surface area contributed by atoms with E-state index in [1.54, 1.807) is 12.5 Å². The van der Waals surface area contributed by atoms with E-state index in [1.165, 1.54) is 0 Å². The van der Waals surface area contributed by atoms with Crippen molar-refractivity contribution in [3.63, 3.8) is 0 Å². The van der Waals surface area contributed by atoms with Gasteiger partial charge in [0, 0.05) is 18.6 Å². The Labute approximate surface area is 82.9 Å². The third-order valence-electron chi connectivity index (χ3n) is 2.90. The number of hydrogen-bond donors (Lipinski definition) is 0. The van der Waals surface area contributed by atoms with Gasteiger partial charge in [-0.2, -0.15) is 0 Å². The lowest BCUT2D eigenvalue weighted by Crippen LogP contribution is -2.17. The van der Waals surface area contributed by atoms with Gasteiger partial charge in [-0.15, -0.1) is 0 Å². The maximum atomic E-state index is 10.7. The van der Waals surface area contributed by atoms with Crippen LogP contribution in [0.1, 0.15) is 29.9 Å². The molecule has 14 heavy (non-hydrogen) atoms. The number of nitrogens with zero attached hydrogens (tertiary/aromatic N) is 2. The van der Waals surface area contributed by atoms with Crippen molar-refractivity contribution >= 4 is 6.29 Å². The van der Waals surface area contributed by atoms with E-state index in [9.17, 15) is 4.79 Å². The average Bonchev–Trinajstić information content (AvgIpc) is 2.87. The molecular formula is C10H14N2O2. The number of hydrogen-bond acceptors (Lipinski definition) is 3. The maximum Gasteiger partial charge on any atom is 0.168 e. The molecule has 4 heteroatoms. The molecular weight excluding hydrogens is 180 g/mol. The van der Waals surface area contributed by atoms with Crippen LogP contribution >= 0.6 is 0 Å². The highest BCUT2D eigenvalue weighted by atomic mass is 16.5. The Morgan fingerprint density at radius 3 is 3.29 bits per heavy atom. The van der Waals surface area contributed by atoms with Crippen LogP contribution in [0.5, 0.6) is 0 Å². The smallest absolute Gasteiger partial charge is 0.168 e. The lowest BCUT2D eigenvalue weighted by Gasteiger charge is -2.19. The first-order valence-electron chi connectivity index (χ1n) is 4.87. The van der Waals surface area contributed by atoms with Crippen LogP contribution in [-0.4, -0.2) is 29.1 Å². The van der Waals surface area contributed by atoms with Crippen LogP contribution in [0.3, 0.4) is 0 Å². The standard InChI is InChI=1S/C10H14N2O2/c1-8(9-2-3-14-6-9)12-7-11-4-10(12)5-13/h4-5,7-9H,2-3,6H2,1H3. The van der Waals surface area contributed by atoms with E-state index in [4.69, 9.17) is 4.74 Å². The van der Waals surface area contributed by atoms with E-state index in [0.29, 0.717) is 17.7 Å². The summed E-state index contributed by atoms with van der Waals surface area (Å²) in [4.78, 5) is 14.7. The summed E-state index contributed by atoms with van der Waals surface area (Å²) in [5.74, 6) is 0.503. The minimum atomic E-state index is 0.292. The zero-order valence-corrected chi connectivity index (χ0v) is 8.22. The van der Waals surface area contributed by atoms with Crippen molar-refractivity contribution in [2.75, 3.05) is 13.2 Å². The monoisotopic (exact) mass is 194 g/mol. The first-order chi connectivity index (χ1) is 6.83. The second-order valence-electron chi connectivity index (χ2n) is 3.71. The number of carbonyl (C=O) groups is 1. The normalized spacial score (nSPS) is 23.6. The van der Waals surface area contributed by atoms with E-state index in [1.807, 2.05) is 4.57 Å². The third kappa shape index (κ3) is 1.57. The molecule has 1 fully saturated rings. The molecule has 1 aliphatic rings. The second-order valence-corrected chi connectivity index (χ2v) is 3.71. The Hall–Kier alpha value is -1.16. The highest BCUT2D eigenvalue weighted by Gasteiger charge is 2.24. The first-order valence-corrected chi connectivity index (χ1v) is 4.87. The Morgan fingerprint density at radius 1 is 1.79 bits per heavy atom. The Bertz CT molecular complexity index is 316. The topological polar surface area (TPSA) is 44.1 Å². The maximum absolute atomic E-state index is 10.7. The lowest BCUT2D eigenvalue weighted by atomic mass is 10.0. The van der Waals surface area contributed by atoms with Crippen LogP contribution < -0.4 is 0 Å². The molecule has 0 saturated carbocycles. The van der Waals surface area contributed by atoms with E-state index >= 15 is 0 Å². The summed E-state index contributed by atoms with van der Waals surface area (Å²) >= 11 is 0. The Kier molecular flexibility index (Phi) is 2.63. The van der Waals surface area contributed by atoms with E-state index in [0.717, 1.165) is 25.9 Å². The van der Waals surface area contributed by atoms with Crippen molar-refractivity contribution in [2.24, 2.45) is 5.92 Å². The van der Waals surface area contributed by atoms with Crippen LogP contribution in [0.25, 0.3) is 0 Å². The van der Waals surface area contributed by atoms with Gasteiger partial charge in [-0.1, -0.05) is 0 Å². The van der Waals surface area contributed by atoms with E-state index in [-0.39, 0.29) is 0 Å². The molecule has 1 aliphatic heterocycles. The van der Waals surface area contributed by atoms with E-state index < -0.39 is 0 Å². The Morgan fingerprint density at radius 2 is 2.64 bits per heavy atom.